The van der Waals surface area contributed by atoms with E-state index in [0.717, 1.165) is 11.3 Å². The van der Waals surface area contributed by atoms with Crippen LogP contribution in [0, 0.1) is 6.92 Å². The maximum Gasteiger partial charge on any atom is 0.251 e. The number of para-hydroxylation sites is 1. The van der Waals surface area contributed by atoms with Crippen molar-refractivity contribution in [2.24, 2.45) is 0 Å². The Kier molecular flexibility index (Phi) is 5.84. The quantitative estimate of drug-likeness (QED) is 0.694. The first-order valence-electron chi connectivity index (χ1n) is 8.58. The molecule has 2 N–H and O–H groups in total. The molecule has 0 saturated carbocycles. The first-order valence-corrected chi connectivity index (χ1v) is 8.58. The van der Waals surface area contributed by atoms with E-state index >= 15 is 0 Å². The first kappa shape index (κ1) is 18.2. The topological polar surface area (TPSA) is 67.4 Å². The highest BCUT2D eigenvalue weighted by molar-refractivity contribution is 5.99. The van der Waals surface area contributed by atoms with Crippen LogP contribution in [0.2, 0.25) is 0 Å². The standard InChI is InChI=1S/C22H20N2O3/c1-16-6-5-7-17(14-16)22(26)23-15-21(25)24-18-10-12-20(13-11-18)27-19-8-3-2-4-9-19/h2-14H,15H2,1H3,(H,23,26)(H,24,25). The van der Waals surface area contributed by atoms with Gasteiger partial charge in [-0.2, -0.15) is 0 Å². The van der Waals surface area contributed by atoms with E-state index in [9.17, 15) is 9.59 Å². The molecule has 3 aromatic rings. The van der Waals surface area contributed by atoms with E-state index in [4.69, 9.17) is 4.74 Å². The van der Waals surface area contributed by atoms with Crippen molar-refractivity contribution in [1.82, 2.24) is 5.32 Å². The molecule has 0 aliphatic carbocycles. The third-order valence-electron chi connectivity index (χ3n) is 3.81. The Morgan fingerprint density at radius 1 is 0.852 bits per heavy atom. The predicted octanol–water partition coefficient (Wildman–Crippen LogP) is 4.16. The molecule has 0 aromatic heterocycles. The lowest BCUT2D eigenvalue weighted by Crippen LogP contribution is -2.32. The van der Waals surface area contributed by atoms with Crippen molar-refractivity contribution < 1.29 is 14.3 Å². The summed E-state index contributed by atoms with van der Waals surface area (Å²) in [5, 5.41) is 5.36. The van der Waals surface area contributed by atoms with Crippen LogP contribution < -0.4 is 15.4 Å². The number of amides is 2. The van der Waals surface area contributed by atoms with Gasteiger partial charge in [0.05, 0.1) is 6.54 Å². The van der Waals surface area contributed by atoms with E-state index < -0.39 is 0 Å². The number of hydrogen-bond acceptors (Lipinski definition) is 3. The average Bonchev–Trinajstić information content (AvgIpc) is 2.68. The number of carbonyl (C=O) groups excluding carboxylic acids is 2. The third kappa shape index (κ3) is 5.44. The molecular weight excluding hydrogens is 340 g/mol. The predicted molar refractivity (Wildman–Crippen MR) is 105 cm³/mol. The highest BCUT2D eigenvalue weighted by atomic mass is 16.5. The minimum atomic E-state index is -0.298. The molecule has 3 aromatic carbocycles. The van der Waals surface area contributed by atoms with Gasteiger partial charge in [-0.15, -0.1) is 0 Å². The molecule has 0 bridgehead atoms. The number of benzene rings is 3. The Hall–Kier alpha value is -3.60. The molecule has 0 radical (unpaired) electrons. The van der Waals surface area contributed by atoms with Crippen LogP contribution in [0.1, 0.15) is 15.9 Å². The van der Waals surface area contributed by atoms with Gasteiger partial charge in [0.25, 0.3) is 5.91 Å². The second-order valence-electron chi connectivity index (χ2n) is 6.04. The Bertz CT molecular complexity index is 922. The van der Waals surface area contributed by atoms with Gasteiger partial charge < -0.3 is 15.4 Å². The lowest BCUT2D eigenvalue weighted by molar-refractivity contribution is -0.115. The summed E-state index contributed by atoms with van der Waals surface area (Å²) >= 11 is 0. The molecule has 27 heavy (non-hydrogen) atoms. The molecule has 3 rings (SSSR count). The number of rotatable bonds is 6. The first-order chi connectivity index (χ1) is 13.1. The zero-order chi connectivity index (χ0) is 19.1. The normalized spacial score (nSPS) is 10.1. The number of carbonyl (C=O) groups is 2. The van der Waals surface area contributed by atoms with Gasteiger partial charge in [0, 0.05) is 11.3 Å². The Labute approximate surface area is 158 Å². The molecule has 0 aliphatic heterocycles. The van der Waals surface area contributed by atoms with Crippen molar-refractivity contribution in [3.8, 4) is 11.5 Å². The van der Waals surface area contributed by atoms with Crippen molar-refractivity contribution >= 4 is 17.5 Å². The summed E-state index contributed by atoms with van der Waals surface area (Å²) in [6, 6.07) is 23.7. The summed E-state index contributed by atoms with van der Waals surface area (Å²) in [6.07, 6.45) is 0. The summed E-state index contributed by atoms with van der Waals surface area (Å²) < 4.78 is 5.71. The molecule has 0 spiro atoms. The van der Waals surface area contributed by atoms with E-state index in [0.29, 0.717) is 17.0 Å². The molecule has 2 amide bonds. The van der Waals surface area contributed by atoms with Crippen LogP contribution in [-0.4, -0.2) is 18.4 Å². The fourth-order valence-corrected chi connectivity index (χ4v) is 2.49. The van der Waals surface area contributed by atoms with Gasteiger partial charge in [-0.3, -0.25) is 9.59 Å². The largest absolute Gasteiger partial charge is 0.457 e. The second-order valence-corrected chi connectivity index (χ2v) is 6.04. The van der Waals surface area contributed by atoms with Crippen LogP contribution in [0.25, 0.3) is 0 Å². The monoisotopic (exact) mass is 360 g/mol. The van der Waals surface area contributed by atoms with E-state index in [1.807, 2.05) is 49.4 Å². The third-order valence-corrected chi connectivity index (χ3v) is 3.81. The van der Waals surface area contributed by atoms with Crippen molar-refractivity contribution in [2.45, 2.75) is 6.92 Å². The van der Waals surface area contributed by atoms with Gasteiger partial charge in [0.1, 0.15) is 11.5 Å². The Morgan fingerprint density at radius 3 is 2.26 bits per heavy atom. The summed E-state index contributed by atoms with van der Waals surface area (Å²) in [4.78, 5) is 24.1. The highest BCUT2D eigenvalue weighted by Gasteiger charge is 2.08. The van der Waals surface area contributed by atoms with E-state index in [1.165, 1.54) is 0 Å². The van der Waals surface area contributed by atoms with E-state index in [1.54, 1.807) is 36.4 Å². The highest BCUT2D eigenvalue weighted by Crippen LogP contribution is 2.22. The average molecular weight is 360 g/mol. The van der Waals surface area contributed by atoms with Crippen molar-refractivity contribution in [3.05, 3.63) is 90.0 Å². The summed E-state index contributed by atoms with van der Waals surface area (Å²) in [5.41, 5.74) is 2.15. The number of nitrogens with one attached hydrogen (secondary N) is 2. The van der Waals surface area contributed by atoms with Crippen LogP contribution in [-0.2, 0) is 4.79 Å². The Balaban J connectivity index is 1.50. The number of aryl methyl sites for hydroxylation is 1. The van der Waals surface area contributed by atoms with Crippen LogP contribution in [0.5, 0.6) is 11.5 Å². The van der Waals surface area contributed by atoms with Gasteiger partial charge in [-0.25, -0.2) is 0 Å². The van der Waals surface area contributed by atoms with Crippen molar-refractivity contribution in [2.75, 3.05) is 11.9 Å². The lowest BCUT2D eigenvalue weighted by Gasteiger charge is -2.09. The van der Waals surface area contributed by atoms with Gasteiger partial charge in [-0.05, 0) is 55.5 Å². The van der Waals surface area contributed by atoms with Crippen LogP contribution in [0.15, 0.2) is 78.9 Å². The smallest absolute Gasteiger partial charge is 0.251 e. The minimum Gasteiger partial charge on any atom is -0.457 e. The van der Waals surface area contributed by atoms with E-state index in [-0.39, 0.29) is 18.4 Å². The van der Waals surface area contributed by atoms with Crippen molar-refractivity contribution in [1.29, 1.82) is 0 Å². The maximum absolute atomic E-state index is 12.1. The summed E-state index contributed by atoms with van der Waals surface area (Å²) in [7, 11) is 0. The van der Waals surface area contributed by atoms with E-state index in [2.05, 4.69) is 10.6 Å². The second kappa shape index (κ2) is 8.67. The molecule has 0 fully saturated rings. The molecule has 0 unspecified atom stereocenters. The number of ether oxygens (including phenoxy) is 1. The fraction of sp³-hybridized carbons (Fsp3) is 0.0909. The van der Waals surface area contributed by atoms with Crippen LogP contribution in [0.4, 0.5) is 5.69 Å². The van der Waals surface area contributed by atoms with Crippen LogP contribution in [0.3, 0.4) is 0 Å². The zero-order valence-electron chi connectivity index (χ0n) is 14.9. The maximum atomic E-state index is 12.1. The fourth-order valence-electron chi connectivity index (χ4n) is 2.49. The molecule has 0 atom stereocenters. The lowest BCUT2D eigenvalue weighted by atomic mass is 10.1. The summed E-state index contributed by atoms with van der Waals surface area (Å²) in [6.45, 7) is 1.81. The van der Waals surface area contributed by atoms with Gasteiger partial charge in [0.2, 0.25) is 5.91 Å². The molecule has 5 nitrogen and oxygen atoms in total. The molecular formula is C22H20N2O3. The molecule has 5 heteroatoms. The Morgan fingerprint density at radius 2 is 1.56 bits per heavy atom. The van der Waals surface area contributed by atoms with Gasteiger partial charge >= 0.3 is 0 Å². The van der Waals surface area contributed by atoms with Crippen LogP contribution >= 0.6 is 0 Å². The SMILES string of the molecule is Cc1cccc(C(=O)NCC(=O)Nc2ccc(Oc3ccccc3)cc2)c1. The van der Waals surface area contributed by atoms with Gasteiger partial charge in [0.15, 0.2) is 0 Å². The zero-order valence-corrected chi connectivity index (χ0v) is 14.9. The molecule has 0 heterocycles. The minimum absolute atomic E-state index is 0.102. The molecule has 0 saturated heterocycles. The number of anilines is 1. The van der Waals surface area contributed by atoms with Crippen molar-refractivity contribution in [3.63, 3.8) is 0 Å². The molecule has 0 aliphatic rings. The molecule has 136 valence electrons. The summed E-state index contributed by atoms with van der Waals surface area (Å²) in [5.74, 6) is 0.841. The van der Waals surface area contributed by atoms with Gasteiger partial charge in [-0.1, -0.05) is 35.9 Å². The number of hydrogen-bond donors (Lipinski definition) is 2.